The third-order valence-electron chi connectivity index (χ3n) is 4.78. The Labute approximate surface area is 169 Å². The highest BCUT2D eigenvalue weighted by molar-refractivity contribution is 14.0. The minimum absolute atomic E-state index is 0. The molecule has 2 aliphatic rings. The van der Waals surface area contributed by atoms with Crippen LogP contribution in [-0.4, -0.2) is 43.6 Å². The second-order valence-corrected chi connectivity index (χ2v) is 6.96. The predicted octanol–water partition coefficient (Wildman–Crippen LogP) is 3.47. The van der Waals surface area contributed by atoms with Crippen LogP contribution < -0.4 is 10.6 Å². The number of guanidine groups is 1. The van der Waals surface area contributed by atoms with Crippen molar-refractivity contribution in [1.82, 2.24) is 15.5 Å². The highest BCUT2D eigenvalue weighted by Crippen LogP contribution is 2.29. The first kappa shape index (κ1) is 21.3. The highest BCUT2D eigenvalue weighted by Gasteiger charge is 2.30. The number of aliphatic imine (C=N–C) groups is 1. The third-order valence-corrected chi connectivity index (χ3v) is 4.78. The van der Waals surface area contributed by atoms with E-state index in [0.29, 0.717) is 12.6 Å². The summed E-state index contributed by atoms with van der Waals surface area (Å²) in [6, 6.07) is 5.77. The first-order valence-electron chi connectivity index (χ1n) is 8.79. The molecule has 1 atom stereocenters. The Morgan fingerprint density at radius 1 is 1.19 bits per heavy atom. The second kappa shape index (κ2) is 9.25. The molecule has 0 aromatic heterocycles. The van der Waals surface area contributed by atoms with E-state index in [1.54, 1.807) is 19.2 Å². The van der Waals surface area contributed by atoms with Gasteiger partial charge in [0.2, 0.25) is 0 Å². The van der Waals surface area contributed by atoms with Gasteiger partial charge in [-0.15, -0.1) is 24.0 Å². The van der Waals surface area contributed by atoms with Crippen molar-refractivity contribution < 1.29 is 13.2 Å². The molecule has 0 spiro atoms. The van der Waals surface area contributed by atoms with Gasteiger partial charge < -0.3 is 10.6 Å². The van der Waals surface area contributed by atoms with Gasteiger partial charge in [0.05, 0.1) is 5.56 Å². The van der Waals surface area contributed by atoms with E-state index in [0.717, 1.165) is 55.6 Å². The number of alkyl halides is 3. The summed E-state index contributed by atoms with van der Waals surface area (Å²) in [4.78, 5) is 6.52. The maximum Gasteiger partial charge on any atom is 0.416 e. The molecular weight excluding hydrogens is 456 g/mol. The Morgan fingerprint density at radius 3 is 2.46 bits per heavy atom. The zero-order valence-corrected chi connectivity index (χ0v) is 17.2. The summed E-state index contributed by atoms with van der Waals surface area (Å²) in [6.07, 6.45) is -0.669. The number of hydrogen-bond donors (Lipinski definition) is 2. The van der Waals surface area contributed by atoms with Crippen LogP contribution in [0.3, 0.4) is 0 Å². The van der Waals surface area contributed by atoms with E-state index in [1.165, 1.54) is 12.8 Å². The number of hydrogen-bond acceptors (Lipinski definition) is 2. The average molecular weight is 482 g/mol. The van der Waals surface area contributed by atoms with Crippen molar-refractivity contribution in [3.8, 4) is 0 Å². The lowest BCUT2D eigenvalue weighted by Crippen LogP contribution is -2.45. The van der Waals surface area contributed by atoms with E-state index in [1.807, 2.05) is 0 Å². The molecule has 1 aromatic carbocycles. The van der Waals surface area contributed by atoms with Crippen LogP contribution in [0.1, 0.15) is 30.4 Å². The van der Waals surface area contributed by atoms with Crippen molar-refractivity contribution in [1.29, 1.82) is 0 Å². The Bertz CT molecular complexity index is 599. The molecular formula is C18H26F3IN4. The summed E-state index contributed by atoms with van der Waals surface area (Å²) in [5.41, 5.74) is 0.313. The summed E-state index contributed by atoms with van der Waals surface area (Å²) >= 11 is 0. The molecule has 3 rings (SSSR count). The lowest BCUT2D eigenvalue weighted by molar-refractivity contribution is -0.137. The number of halogens is 4. The molecule has 1 unspecified atom stereocenters. The van der Waals surface area contributed by atoms with Gasteiger partial charge in [-0.3, -0.25) is 9.89 Å². The van der Waals surface area contributed by atoms with Gasteiger partial charge in [0.1, 0.15) is 0 Å². The van der Waals surface area contributed by atoms with Crippen molar-refractivity contribution in [2.45, 2.75) is 38.0 Å². The van der Waals surface area contributed by atoms with Crippen molar-refractivity contribution in [2.75, 3.05) is 26.7 Å². The van der Waals surface area contributed by atoms with Crippen LogP contribution in [0.4, 0.5) is 13.2 Å². The lowest BCUT2D eigenvalue weighted by atomic mass is 10.1. The highest BCUT2D eigenvalue weighted by atomic mass is 127. The standard InChI is InChI=1S/C18H25F3N4.HI/c1-22-17(23-10-13-2-3-13)24-16-8-9-25(12-16)11-14-4-6-15(7-5-14)18(19,20)21;/h4-7,13,16H,2-3,8-12H2,1H3,(H2,22,23,24);1H. The molecule has 1 saturated heterocycles. The van der Waals surface area contributed by atoms with Crippen molar-refractivity contribution >= 4 is 29.9 Å². The molecule has 8 heteroatoms. The van der Waals surface area contributed by atoms with Crippen molar-refractivity contribution in [3.63, 3.8) is 0 Å². The van der Waals surface area contributed by atoms with Gasteiger partial charge in [0.15, 0.2) is 5.96 Å². The van der Waals surface area contributed by atoms with Gasteiger partial charge in [0.25, 0.3) is 0 Å². The first-order valence-corrected chi connectivity index (χ1v) is 8.79. The summed E-state index contributed by atoms with van der Waals surface area (Å²) in [6.45, 7) is 3.44. The molecule has 1 heterocycles. The van der Waals surface area contributed by atoms with Crippen molar-refractivity contribution in [3.05, 3.63) is 35.4 Å². The van der Waals surface area contributed by atoms with Crippen LogP contribution in [0, 0.1) is 5.92 Å². The normalized spacial score (nSPS) is 21.4. The average Bonchev–Trinajstić information content (AvgIpc) is 3.31. The van der Waals surface area contributed by atoms with Crippen LogP contribution in [-0.2, 0) is 12.7 Å². The van der Waals surface area contributed by atoms with Crippen LogP contribution in [0.2, 0.25) is 0 Å². The van der Waals surface area contributed by atoms with E-state index >= 15 is 0 Å². The summed E-state index contributed by atoms with van der Waals surface area (Å²) in [5, 5.41) is 6.80. The SMILES string of the molecule is CN=C(NCC1CC1)NC1CCN(Cc2ccc(C(F)(F)F)cc2)C1.I. The number of likely N-dealkylation sites (tertiary alicyclic amines) is 1. The van der Waals surface area contributed by atoms with Gasteiger partial charge >= 0.3 is 6.18 Å². The van der Waals surface area contributed by atoms with Crippen LogP contribution in [0.15, 0.2) is 29.3 Å². The monoisotopic (exact) mass is 482 g/mol. The van der Waals surface area contributed by atoms with E-state index in [-0.39, 0.29) is 24.0 Å². The number of nitrogens with one attached hydrogen (secondary N) is 2. The molecule has 0 amide bonds. The van der Waals surface area contributed by atoms with E-state index in [9.17, 15) is 13.2 Å². The van der Waals surface area contributed by atoms with Crippen molar-refractivity contribution in [2.24, 2.45) is 10.9 Å². The fraction of sp³-hybridized carbons (Fsp3) is 0.611. The molecule has 0 radical (unpaired) electrons. The Balaban J connectivity index is 0.00000243. The smallest absolute Gasteiger partial charge is 0.356 e. The predicted molar refractivity (Wildman–Crippen MR) is 108 cm³/mol. The quantitative estimate of drug-likeness (QED) is 0.384. The fourth-order valence-electron chi connectivity index (χ4n) is 3.10. The lowest BCUT2D eigenvalue weighted by Gasteiger charge is -2.19. The number of nitrogens with zero attached hydrogens (tertiary/aromatic N) is 2. The molecule has 4 nitrogen and oxygen atoms in total. The third kappa shape index (κ3) is 6.29. The number of benzene rings is 1. The Morgan fingerprint density at radius 2 is 1.88 bits per heavy atom. The van der Waals surface area contributed by atoms with E-state index < -0.39 is 11.7 Å². The maximum atomic E-state index is 12.6. The second-order valence-electron chi connectivity index (χ2n) is 6.96. The molecule has 1 aliphatic carbocycles. The minimum Gasteiger partial charge on any atom is -0.356 e. The Hall–Kier alpha value is -1.03. The van der Waals surface area contributed by atoms with Crippen LogP contribution >= 0.6 is 24.0 Å². The minimum atomic E-state index is -4.27. The van der Waals surface area contributed by atoms with Gasteiger partial charge in [-0.05, 0) is 42.9 Å². The fourth-order valence-corrected chi connectivity index (χ4v) is 3.10. The molecule has 1 aromatic rings. The molecule has 26 heavy (non-hydrogen) atoms. The number of rotatable bonds is 5. The summed E-state index contributed by atoms with van der Waals surface area (Å²) in [5.74, 6) is 1.63. The van der Waals surface area contributed by atoms with E-state index in [4.69, 9.17) is 0 Å². The maximum absolute atomic E-state index is 12.6. The molecule has 1 aliphatic heterocycles. The van der Waals surface area contributed by atoms with Crippen LogP contribution in [0.5, 0.6) is 0 Å². The molecule has 146 valence electrons. The van der Waals surface area contributed by atoms with Gasteiger partial charge in [0, 0.05) is 39.3 Å². The van der Waals surface area contributed by atoms with Gasteiger partial charge in [-0.25, -0.2) is 0 Å². The molecule has 1 saturated carbocycles. The zero-order valence-electron chi connectivity index (χ0n) is 14.9. The van der Waals surface area contributed by atoms with Gasteiger partial charge in [-0.2, -0.15) is 13.2 Å². The Kier molecular flexibility index (Phi) is 7.57. The molecule has 2 N–H and O–H groups in total. The largest absolute Gasteiger partial charge is 0.416 e. The van der Waals surface area contributed by atoms with Gasteiger partial charge in [-0.1, -0.05) is 12.1 Å². The summed E-state index contributed by atoms with van der Waals surface area (Å²) < 4.78 is 37.8. The topological polar surface area (TPSA) is 39.7 Å². The van der Waals surface area contributed by atoms with E-state index in [2.05, 4.69) is 20.5 Å². The molecule has 2 fully saturated rings. The van der Waals surface area contributed by atoms with Crippen LogP contribution in [0.25, 0.3) is 0 Å². The first-order chi connectivity index (χ1) is 11.9. The molecule has 0 bridgehead atoms. The zero-order chi connectivity index (χ0) is 17.9. The summed E-state index contributed by atoms with van der Waals surface area (Å²) in [7, 11) is 1.77.